The van der Waals surface area contributed by atoms with E-state index in [9.17, 15) is 9.59 Å². The Hall–Kier alpha value is -1.40. The molecule has 1 atom stereocenters. The zero-order valence-corrected chi connectivity index (χ0v) is 8.91. The van der Waals surface area contributed by atoms with Gasteiger partial charge in [0.2, 0.25) is 0 Å². The molecule has 0 saturated carbocycles. The molecule has 0 bridgehead atoms. The van der Waals surface area contributed by atoms with Gasteiger partial charge >= 0.3 is 11.9 Å². The van der Waals surface area contributed by atoms with Crippen LogP contribution in [0.25, 0.3) is 0 Å². The average molecular weight is 229 g/mol. The fraction of sp³-hybridized carbons (Fsp3) is 0.333. The van der Waals surface area contributed by atoms with Crippen LogP contribution in [-0.2, 0) is 16.0 Å². The Morgan fingerprint density at radius 2 is 2.33 bits per heavy atom. The maximum Gasteiger partial charge on any atom is 0.348 e. The van der Waals surface area contributed by atoms with Crippen molar-refractivity contribution in [2.45, 2.75) is 12.5 Å². The van der Waals surface area contributed by atoms with Gasteiger partial charge in [0.25, 0.3) is 0 Å². The summed E-state index contributed by atoms with van der Waals surface area (Å²) in [5, 5.41) is 10.3. The zero-order valence-electron chi connectivity index (χ0n) is 8.10. The fourth-order valence-corrected chi connectivity index (χ4v) is 1.94. The van der Waals surface area contributed by atoms with Crippen molar-refractivity contribution in [2.24, 2.45) is 5.73 Å². The lowest BCUT2D eigenvalue weighted by Crippen LogP contribution is -2.32. The van der Waals surface area contributed by atoms with Crippen molar-refractivity contribution in [1.82, 2.24) is 0 Å². The summed E-state index contributed by atoms with van der Waals surface area (Å²) in [6, 6.07) is 0.683. The molecule has 1 heterocycles. The van der Waals surface area contributed by atoms with Gasteiger partial charge in [-0.2, -0.15) is 0 Å². The van der Waals surface area contributed by atoms with E-state index >= 15 is 0 Å². The number of methoxy groups -OCH3 is 1. The molecule has 0 radical (unpaired) electrons. The molecular weight excluding hydrogens is 218 g/mol. The number of hydrogen-bond donors (Lipinski definition) is 2. The molecule has 0 aromatic carbocycles. The molecule has 0 amide bonds. The number of nitrogens with two attached hydrogens (primary N) is 1. The molecule has 1 unspecified atom stereocenters. The Bertz CT molecular complexity index is 374. The van der Waals surface area contributed by atoms with E-state index in [1.54, 1.807) is 11.4 Å². The quantitative estimate of drug-likeness (QED) is 0.733. The minimum atomic E-state index is -1.09. The van der Waals surface area contributed by atoms with Crippen LogP contribution < -0.4 is 5.73 Å². The Labute approximate surface area is 90.5 Å². The molecule has 15 heavy (non-hydrogen) atoms. The van der Waals surface area contributed by atoms with Crippen molar-refractivity contribution in [3.05, 3.63) is 21.9 Å². The molecule has 1 aromatic heterocycles. The highest BCUT2D eigenvalue weighted by molar-refractivity contribution is 7.12. The van der Waals surface area contributed by atoms with E-state index in [4.69, 9.17) is 10.8 Å². The van der Waals surface area contributed by atoms with E-state index in [1.807, 2.05) is 0 Å². The SMILES string of the molecule is COC(=O)c1sccc1CC(N)C(=O)O. The molecule has 5 nitrogen and oxygen atoms in total. The number of carboxylic acid groups (broad SMARTS) is 1. The molecule has 3 N–H and O–H groups in total. The van der Waals surface area contributed by atoms with Crippen LogP contribution in [0.15, 0.2) is 11.4 Å². The van der Waals surface area contributed by atoms with Gasteiger partial charge in [-0.25, -0.2) is 4.79 Å². The first-order chi connectivity index (χ1) is 7.06. The number of esters is 1. The Kier molecular flexibility index (Phi) is 3.81. The number of aliphatic carboxylic acids is 1. The van der Waals surface area contributed by atoms with E-state index in [1.165, 1.54) is 18.4 Å². The molecule has 1 rings (SSSR count). The molecule has 0 saturated heterocycles. The van der Waals surface area contributed by atoms with Crippen LogP contribution in [0.5, 0.6) is 0 Å². The van der Waals surface area contributed by atoms with Gasteiger partial charge in [-0.1, -0.05) is 0 Å². The van der Waals surface area contributed by atoms with Crippen molar-refractivity contribution in [1.29, 1.82) is 0 Å². The number of thiophene rings is 1. The van der Waals surface area contributed by atoms with Crippen molar-refractivity contribution >= 4 is 23.3 Å². The number of carboxylic acids is 1. The Morgan fingerprint density at radius 1 is 1.67 bits per heavy atom. The molecule has 1 aromatic rings. The summed E-state index contributed by atoms with van der Waals surface area (Å²) in [6.07, 6.45) is 0.128. The van der Waals surface area contributed by atoms with Gasteiger partial charge in [-0.05, 0) is 23.4 Å². The topological polar surface area (TPSA) is 89.6 Å². The average Bonchev–Trinajstić information content (AvgIpc) is 2.64. The van der Waals surface area contributed by atoms with Crippen LogP contribution in [0.3, 0.4) is 0 Å². The predicted octanol–water partition coefficient (Wildman–Crippen LogP) is 0.489. The van der Waals surface area contributed by atoms with Crippen LogP contribution >= 0.6 is 11.3 Å². The third-order valence-electron chi connectivity index (χ3n) is 1.87. The number of hydrogen-bond acceptors (Lipinski definition) is 5. The molecule has 0 aliphatic heterocycles. The van der Waals surface area contributed by atoms with Crippen molar-refractivity contribution in [3.63, 3.8) is 0 Å². The summed E-state index contributed by atoms with van der Waals surface area (Å²) in [7, 11) is 1.28. The first kappa shape index (κ1) is 11.7. The van der Waals surface area contributed by atoms with E-state index < -0.39 is 18.0 Å². The molecular formula is C9H11NO4S. The van der Waals surface area contributed by atoms with Gasteiger partial charge in [0.15, 0.2) is 0 Å². The molecule has 0 spiro atoms. The van der Waals surface area contributed by atoms with Crippen molar-refractivity contribution < 1.29 is 19.4 Å². The lowest BCUT2D eigenvalue weighted by Gasteiger charge is -2.06. The summed E-state index contributed by atoms with van der Waals surface area (Å²) >= 11 is 1.21. The minimum absolute atomic E-state index is 0.128. The highest BCUT2D eigenvalue weighted by Gasteiger charge is 2.18. The number of carbonyl (C=O) groups excluding carboxylic acids is 1. The van der Waals surface area contributed by atoms with Gasteiger partial charge in [0, 0.05) is 0 Å². The summed E-state index contributed by atoms with van der Waals surface area (Å²) in [4.78, 5) is 22.2. The first-order valence-corrected chi connectivity index (χ1v) is 5.07. The highest BCUT2D eigenvalue weighted by Crippen LogP contribution is 2.19. The largest absolute Gasteiger partial charge is 0.480 e. The van der Waals surface area contributed by atoms with Crippen molar-refractivity contribution in [2.75, 3.05) is 7.11 Å². The third kappa shape index (κ3) is 2.77. The highest BCUT2D eigenvalue weighted by atomic mass is 32.1. The van der Waals surface area contributed by atoms with Crippen LogP contribution in [-0.4, -0.2) is 30.2 Å². The third-order valence-corrected chi connectivity index (χ3v) is 2.81. The molecule has 0 aliphatic carbocycles. The van der Waals surface area contributed by atoms with Crippen LogP contribution in [0.4, 0.5) is 0 Å². The normalized spacial score (nSPS) is 12.1. The smallest absolute Gasteiger partial charge is 0.348 e. The van der Waals surface area contributed by atoms with E-state index in [0.29, 0.717) is 10.4 Å². The maximum absolute atomic E-state index is 11.2. The summed E-state index contributed by atoms with van der Waals surface area (Å²) < 4.78 is 4.56. The summed E-state index contributed by atoms with van der Waals surface area (Å²) in [6.45, 7) is 0. The first-order valence-electron chi connectivity index (χ1n) is 4.19. The lowest BCUT2D eigenvalue weighted by atomic mass is 10.1. The van der Waals surface area contributed by atoms with Gasteiger partial charge < -0.3 is 15.6 Å². The van der Waals surface area contributed by atoms with Gasteiger partial charge in [-0.15, -0.1) is 11.3 Å². The second-order valence-electron chi connectivity index (χ2n) is 2.92. The maximum atomic E-state index is 11.2. The van der Waals surface area contributed by atoms with Crippen molar-refractivity contribution in [3.8, 4) is 0 Å². The molecule has 6 heteroatoms. The van der Waals surface area contributed by atoms with Crippen LogP contribution in [0, 0.1) is 0 Å². The summed E-state index contributed by atoms with van der Waals surface area (Å²) in [5.74, 6) is -1.55. The monoisotopic (exact) mass is 229 g/mol. The second-order valence-corrected chi connectivity index (χ2v) is 3.83. The van der Waals surface area contributed by atoms with E-state index in [0.717, 1.165) is 0 Å². The Balaban J connectivity index is 2.82. The number of ether oxygens (including phenoxy) is 1. The molecule has 0 fully saturated rings. The Morgan fingerprint density at radius 3 is 2.87 bits per heavy atom. The number of carbonyl (C=O) groups is 2. The van der Waals surface area contributed by atoms with E-state index in [2.05, 4.69) is 4.74 Å². The van der Waals surface area contributed by atoms with E-state index in [-0.39, 0.29) is 6.42 Å². The van der Waals surface area contributed by atoms with Crippen LogP contribution in [0.2, 0.25) is 0 Å². The fourth-order valence-electron chi connectivity index (χ4n) is 1.09. The van der Waals surface area contributed by atoms with Crippen LogP contribution in [0.1, 0.15) is 15.2 Å². The number of rotatable bonds is 4. The second kappa shape index (κ2) is 4.90. The van der Waals surface area contributed by atoms with Gasteiger partial charge in [0.1, 0.15) is 10.9 Å². The minimum Gasteiger partial charge on any atom is -0.480 e. The molecule has 82 valence electrons. The summed E-state index contributed by atoms with van der Waals surface area (Å²) in [5.41, 5.74) is 5.98. The lowest BCUT2D eigenvalue weighted by molar-refractivity contribution is -0.138. The predicted molar refractivity (Wildman–Crippen MR) is 55.0 cm³/mol. The zero-order chi connectivity index (χ0) is 11.4. The standard InChI is InChI=1S/C9H11NO4S/c1-14-9(13)7-5(2-3-15-7)4-6(10)8(11)12/h2-3,6H,4,10H2,1H3,(H,11,12). The van der Waals surface area contributed by atoms with Gasteiger partial charge in [0.05, 0.1) is 7.11 Å². The molecule has 0 aliphatic rings. The van der Waals surface area contributed by atoms with Gasteiger partial charge in [-0.3, -0.25) is 4.79 Å².